The lowest BCUT2D eigenvalue weighted by molar-refractivity contribution is -0.139. The molecule has 0 unspecified atom stereocenters. The Morgan fingerprint density at radius 3 is 2.10 bits per heavy atom. The molecule has 6 amide bonds. The third-order valence-corrected chi connectivity index (χ3v) is 5.49. The molecular weight excluding hydrogens is 376 g/mol. The van der Waals surface area contributed by atoms with Crippen LogP contribution in [0.15, 0.2) is 24.3 Å². The number of hydrogen-bond donors (Lipinski definition) is 2. The second kappa shape index (κ2) is 8.02. The van der Waals surface area contributed by atoms with Gasteiger partial charge in [-0.2, -0.15) is 0 Å². The van der Waals surface area contributed by atoms with Gasteiger partial charge in [0.15, 0.2) is 0 Å². The quantitative estimate of drug-likeness (QED) is 0.530. The summed E-state index contributed by atoms with van der Waals surface area (Å²) in [6, 6.07) is 6.14. The van der Waals surface area contributed by atoms with Crippen LogP contribution in [0.5, 0.6) is 0 Å². The SMILES string of the molecule is CCC1(CC)NC(=O)N(CC(=O)Nc2ccc(CN3C(=O)CCC3=O)cc2)C1=O. The van der Waals surface area contributed by atoms with Gasteiger partial charge in [0.1, 0.15) is 12.1 Å². The Morgan fingerprint density at radius 2 is 1.59 bits per heavy atom. The summed E-state index contributed by atoms with van der Waals surface area (Å²) in [6.07, 6.45) is 1.39. The number of nitrogens with zero attached hydrogens (tertiary/aromatic N) is 2. The van der Waals surface area contributed by atoms with Crippen molar-refractivity contribution in [1.82, 2.24) is 15.1 Å². The van der Waals surface area contributed by atoms with Crippen molar-refractivity contribution in [1.29, 1.82) is 0 Å². The Kier molecular flexibility index (Phi) is 5.67. The first-order valence-electron chi connectivity index (χ1n) is 9.65. The fourth-order valence-corrected chi connectivity index (χ4v) is 3.57. The maximum Gasteiger partial charge on any atom is 0.325 e. The van der Waals surface area contributed by atoms with Crippen LogP contribution in [-0.4, -0.2) is 51.5 Å². The minimum Gasteiger partial charge on any atom is -0.325 e. The molecule has 0 aromatic heterocycles. The lowest BCUT2D eigenvalue weighted by atomic mass is 9.93. The molecule has 2 heterocycles. The van der Waals surface area contributed by atoms with E-state index in [9.17, 15) is 24.0 Å². The molecule has 9 nitrogen and oxygen atoms in total. The number of carbonyl (C=O) groups is 5. The standard InChI is InChI=1S/C20H24N4O5/c1-3-20(4-2)18(28)24(19(29)22-20)12-15(25)21-14-7-5-13(6-8-14)11-23-16(26)9-10-17(23)27/h5-8H,3-4,9-12H2,1-2H3,(H,21,25)(H,22,29). The minimum atomic E-state index is -0.941. The van der Waals surface area contributed by atoms with E-state index in [4.69, 9.17) is 0 Å². The molecule has 0 aliphatic carbocycles. The maximum atomic E-state index is 12.6. The van der Waals surface area contributed by atoms with E-state index >= 15 is 0 Å². The molecule has 9 heteroatoms. The molecule has 1 aromatic rings. The summed E-state index contributed by atoms with van der Waals surface area (Å²) in [5, 5.41) is 5.33. The molecule has 0 atom stereocenters. The van der Waals surface area contributed by atoms with Gasteiger partial charge in [-0.1, -0.05) is 26.0 Å². The molecule has 2 saturated heterocycles. The zero-order valence-electron chi connectivity index (χ0n) is 16.5. The number of nitrogens with one attached hydrogen (secondary N) is 2. The molecule has 154 valence electrons. The van der Waals surface area contributed by atoms with Crippen LogP contribution in [0.1, 0.15) is 45.1 Å². The third kappa shape index (κ3) is 3.98. The highest BCUT2D eigenvalue weighted by Gasteiger charge is 2.49. The first-order chi connectivity index (χ1) is 13.8. The van der Waals surface area contributed by atoms with E-state index < -0.39 is 23.4 Å². The van der Waals surface area contributed by atoms with Crippen LogP contribution >= 0.6 is 0 Å². The highest BCUT2D eigenvalue weighted by Crippen LogP contribution is 2.25. The van der Waals surface area contributed by atoms with E-state index in [-0.39, 0.29) is 37.7 Å². The lowest BCUT2D eigenvalue weighted by Crippen LogP contribution is -2.46. The molecule has 0 saturated carbocycles. The summed E-state index contributed by atoms with van der Waals surface area (Å²) in [7, 11) is 0. The van der Waals surface area contributed by atoms with Gasteiger partial charge in [0.25, 0.3) is 5.91 Å². The van der Waals surface area contributed by atoms with E-state index in [0.717, 1.165) is 10.5 Å². The first-order valence-corrected chi connectivity index (χ1v) is 9.65. The number of imide groups is 2. The predicted octanol–water partition coefficient (Wildman–Crippen LogP) is 1.38. The van der Waals surface area contributed by atoms with Gasteiger partial charge in [0, 0.05) is 18.5 Å². The van der Waals surface area contributed by atoms with Crippen LogP contribution in [0.25, 0.3) is 0 Å². The van der Waals surface area contributed by atoms with Gasteiger partial charge in [-0.05, 0) is 30.5 Å². The van der Waals surface area contributed by atoms with E-state index in [0.29, 0.717) is 18.5 Å². The monoisotopic (exact) mass is 400 g/mol. The Morgan fingerprint density at radius 1 is 1.00 bits per heavy atom. The van der Waals surface area contributed by atoms with Crippen molar-refractivity contribution in [2.75, 3.05) is 11.9 Å². The summed E-state index contributed by atoms with van der Waals surface area (Å²) in [6.45, 7) is 3.46. The first kappa shape index (κ1) is 20.5. The van der Waals surface area contributed by atoms with Gasteiger partial charge in [-0.25, -0.2) is 4.79 Å². The molecule has 0 radical (unpaired) electrons. The second-order valence-corrected chi connectivity index (χ2v) is 7.23. The van der Waals surface area contributed by atoms with Crippen molar-refractivity contribution >= 4 is 35.3 Å². The van der Waals surface area contributed by atoms with Crippen LogP contribution in [-0.2, 0) is 25.7 Å². The molecule has 3 rings (SSSR count). The van der Waals surface area contributed by atoms with Crippen molar-refractivity contribution in [2.24, 2.45) is 0 Å². The number of carbonyl (C=O) groups excluding carboxylic acids is 5. The smallest absolute Gasteiger partial charge is 0.325 e. The Labute approximate surface area is 168 Å². The Bertz CT molecular complexity index is 844. The lowest BCUT2D eigenvalue weighted by Gasteiger charge is -2.23. The predicted molar refractivity (Wildman–Crippen MR) is 103 cm³/mol. The summed E-state index contributed by atoms with van der Waals surface area (Å²) in [5.74, 6) is -1.25. The van der Waals surface area contributed by atoms with E-state index in [1.54, 1.807) is 24.3 Å². The average molecular weight is 400 g/mol. The second-order valence-electron chi connectivity index (χ2n) is 7.23. The van der Waals surface area contributed by atoms with Crippen molar-refractivity contribution < 1.29 is 24.0 Å². The largest absolute Gasteiger partial charge is 0.325 e. The summed E-state index contributed by atoms with van der Waals surface area (Å²) in [5.41, 5.74) is 0.308. The number of rotatable bonds is 7. The van der Waals surface area contributed by atoms with Crippen LogP contribution in [0.4, 0.5) is 10.5 Å². The van der Waals surface area contributed by atoms with E-state index in [1.807, 2.05) is 13.8 Å². The van der Waals surface area contributed by atoms with E-state index in [1.165, 1.54) is 4.90 Å². The van der Waals surface area contributed by atoms with Gasteiger partial charge in [-0.3, -0.25) is 29.0 Å². The molecule has 2 fully saturated rings. The van der Waals surface area contributed by atoms with E-state index in [2.05, 4.69) is 10.6 Å². The topological polar surface area (TPSA) is 116 Å². The number of anilines is 1. The Hall–Kier alpha value is -3.23. The van der Waals surface area contributed by atoms with Gasteiger partial charge in [-0.15, -0.1) is 0 Å². The van der Waals surface area contributed by atoms with Gasteiger partial charge >= 0.3 is 6.03 Å². The number of likely N-dealkylation sites (tertiary alicyclic amines) is 1. The molecular formula is C20H24N4O5. The van der Waals surface area contributed by atoms with Crippen LogP contribution < -0.4 is 10.6 Å². The average Bonchev–Trinajstić information content (AvgIpc) is 3.14. The van der Waals surface area contributed by atoms with Crippen LogP contribution in [0.3, 0.4) is 0 Å². The number of hydrogen-bond acceptors (Lipinski definition) is 5. The highest BCUT2D eigenvalue weighted by atomic mass is 16.2. The normalized spacial score (nSPS) is 18.4. The van der Waals surface area contributed by atoms with Crippen molar-refractivity contribution in [2.45, 2.75) is 51.6 Å². The highest BCUT2D eigenvalue weighted by molar-refractivity contribution is 6.10. The molecule has 2 aliphatic heterocycles. The van der Waals surface area contributed by atoms with Gasteiger partial charge < -0.3 is 10.6 Å². The number of amides is 6. The fourth-order valence-electron chi connectivity index (χ4n) is 3.57. The van der Waals surface area contributed by atoms with Crippen molar-refractivity contribution in [3.8, 4) is 0 Å². The number of urea groups is 1. The van der Waals surface area contributed by atoms with Gasteiger partial charge in [0.05, 0.1) is 6.54 Å². The molecule has 1 aromatic carbocycles. The molecule has 2 N–H and O–H groups in total. The summed E-state index contributed by atoms with van der Waals surface area (Å²) >= 11 is 0. The van der Waals surface area contributed by atoms with Gasteiger partial charge in [0.2, 0.25) is 17.7 Å². The number of benzene rings is 1. The van der Waals surface area contributed by atoms with Crippen molar-refractivity contribution in [3.05, 3.63) is 29.8 Å². The zero-order chi connectivity index (χ0) is 21.2. The van der Waals surface area contributed by atoms with Crippen molar-refractivity contribution in [3.63, 3.8) is 0 Å². The van der Waals surface area contributed by atoms with Crippen LogP contribution in [0.2, 0.25) is 0 Å². The zero-order valence-corrected chi connectivity index (χ0v) is 16.5. The van der Waals surface area contributed by atoms with Crippen LogP contribution in [0, 0.1) is 0 Å². The molecule has 0 bridgehead atoms. The minimum absolute atomic E-state index is 0.184. The Balaban J connectivity index is 1.58. The molecule has 2 aliphatic rings. The summed E-state index contributed by atoms with van der Waals surface area (Å²) < 4.78 is 0. The molecule has 0 spiro atoms. The molecule has 29 heavy (non-hydrogen) atoms. The summed E-state index contributed by atoms with van der Waals surface area (Å²) in [4.78, 5) is 62.5. The third-order valence-electron chi connectivity index (χ3n) is 5.49. The fraction of sp³-hybridized carbons (Fsp3) is 0.450. The maximum absolute atomic E-state index is 12.6.